The van der Waals surface area contributed by atoms with Crippen LogP contribution >= 0.6 is 0 Å². The second-order valence-electron chi connectivity index (χ2n) is 10.9. The van der Waals surface area contributed by atoms with Crippen LogP contribution in [0.25, 0.3) is 0 Å². The zero-order valence-corrected chi connectivity index (χ0v) is 26.4. The number of amides is 2. The van der Waals surface area contributed by atoms with Crippen molar-refractivity contribution in [1.82, 2.24) is 10.6 Å². The summed E-state index contributed by atoms with van der Waals surface area (Å²) in [6, 6.07) is 16.3. The molecule has 9 nitrogen and oxygen atoms in total. The molecule has 2 N–H and O–H groups in total. The number of unbranched alkanes of at least 4 members (excludes halogenated alkanes) is 6. The van der Waals surface area contributed by atoms with Crippen LogP contribution in [0.1, 0.15) is 95.6 Å². The van der Waals surface area contributed by atoms with E-state index in [1.165, 1.54) is 6.42 Å². The molecular formula is C35H50N2O7. The molecule has 0 aliphatic carbocycles. The van der Waals surface area contributed by atoms with Gasteiger partial charge in [0.25, 0.3) is 0 Å². The Kier molecular flexibility index (Phi) is 18.9. The summed E-state index contributed by atoms with van der Waals surface area (Å²) in [7, 11) is 0. The molecule has 0 aliphatic rings. The zero-order chi connectivity index (χ0) is 31.8. The lowest BCUT2D eigenvalue weighted by Crippen LogP contribution is -2.53. The molecule has 44 heavy (non-hydrogen) atoms. The minimum absolute atomic E-state index is 0.0169. The summed E-state index contributed by atoms with van der Waals surface area (Å²) in [5.74, 6) is -2.00. The summed E-state index contributed by atoms with van der Waals surface area (Å²) >= 11 is 0. The normalized spacial score (nSPS) is 12.1. The molecule has 0 saturated heterocycles. The lowest BCUT2D eigenvalue weighted by Gasteiger charge is -2.23. The average Bonchev–Trinajstić information content (AvgIpc) is 3.04. The Labute approximate surface area is 262 Å². The summed E-state index contributed by atoms with van der Waals surface area (Å²) in [6.07, 6.45) is 8.17. The Bertz CT molecular complexity index is 1090. The smallest absolute Gasteiger partial charge is 0.328 e. The topological polar surface area (TPSA) is 120 Å². The molecule has 2 aromatic rings. The van der Waals surface area contributed by atoms with Gasteiger partial charge >= 0.3 is 11.9 Å². The monoisotopic (exact) mass is 610 g/mol. The Balaban J connectivity index is 2.02. The number of carbonyl (C=O) groups is 4. The maximum absolute atomic E-state index is 13.4. The highest BCUT2D eigenvalue weighted by Crippen LogP contribution is 2.10. The minimum Gasteiger partial charge on any atom is -0.461 e. The first-order valence-electron chi connectivity index (χ1n) is 16.0. The third kappa shape index (κ3) is 16.2. The predicted molar refractivity (Wildman–Crippen MR) is 169 cm³/mol. The number of nitrogens with one attached hydrogen (secondary N) is 2. The van der Waals surface area contributed by atoms with Crippen LogP contribution in [-0.2, 0) is 46.6 Å². The minimum atomic E-state index is -1.12. The van der Waals surface area contributed by atoms with Gasteiger partial charge < -0.3 is 24.8 Å². The Morgan fingerprint density at radius 2 is 1.25 bits per heavy atom. The molecule has 0 heterocycles. The second kappa shape index (κ2) is 22.8. The van der Waals surface area contributed by atoms with E-state index in [1.54, 1.807) is 0 Å². The molecule has 9 heteroatoms. The van der Waals surface area contributed by atoms with Gasteiger partial charge in [-0.3, -0.25) is 14.4 Å². The quantitative estimate of drug-likeness (QED) is 0.121. The van der Waals surface area contributed by atoms with Gasteiger partial charge in [0.05, 0.1) is 6.61 Å². The van der Waals surface area contributed by atoms with Crippen molar-refractivity contribution in [3.05, 3.63) is 71.8 Å². The number of esters is 2. The van der Waals surface area contributed by atoms with Crippen LogP contribution in [0.2, 0.25) is 0 Å². The van der Waals surface area contributed by atoms with Gasteiger partial charge in [-0.25, -0.2) is 4.79 Å². The first kappa shape index (κ1) is 36.5. The molecule has 0 bridgehead atoms. The fourth-order valence-corrected chi connectivity index (χ4v) is 4.39. The van der Waals surface area contributed by atoms with Crippen molar-refractivity contribution in [1.29, 1.82) is 0 Å². The molecule has 0 spiro atoms. The van der Waals surface area contributed by atoms with Crippen molar-refractivity contribution in [2.75, 3.05) is 13.2 Å². The first-order valence-corrected chi connectivity index (χ1v) is 16.0. The van der Waals surface area contributed by atoms with Gasteiger partial charge in [0.15, 0.2) is 0 Å². The van der Waals surface area contributed by atoms with Crippen LogP contribution < -0.4 is 10.6 Å². The molecule has 0 fully saturated rings. The van der Waals surface area contributed by atoms with E-state index in [4.69, 9.17) is 14.2 Å². The van der Waals surface area contributed by atoms with Crippen LogP contribution in [0, 0.1) is 0 Å². The fourth-order valence-electron chi connectivity index (χ4n) is 4.39. The number of benzene rings is 2. The van der Waals surface area contributed by atoms with E-state index in [1.807, 2.05) is 67.6 Å². The summed E-state index contributed by atoms with van der Waals surface area (Å²) in [5.41, 5.74) is 1.63. The van der Waals surface area contributed by atoms with Crippen LogP contribution in [0.3, 0.4) is 0 Å². The largest absolute Gasteiger partial charge is 0.461 e. The summed E-state index contributed by atoms with van der Waals surface area (Å²) in [4.78, 5) is 51.8. The van der Waals surface area contributed by atoms with Crippen molar-refractivity contribution >= 4 is 23.8 Å². The molecule has 0 saturated carbocycles. The summed E-state index contributed by atoms with van der Waals surface area (Å²) in [5, 5.41) is 5.48. The van der Waals surface area contributed by atoms with Crippen molar-refractivity contribution in [3.8, 4) is 0 Å². The third-order valence-electron chi connectivity index (χ3n) is 7.04. The molecule has 2 atom stereocenters. The van der Waals surface area contributed by atoms with E-state index in [9.17, 15) is 19.2 Å². The summed E-state index contributed by atoms with van der Waals surface area (Å²) < 4.78 is 16.5. The Morgan fingerprint density at radius 1 is 0.659 bits per heavy atom. The molecule has 0 unspecified atom stereocenters. The molecule has 2 aromatic carbocycles. The maximum Gasteiger partial charge on any atom is 0.328 e. The van der Waals surface area contributed by atoms with E-state index in [2.05, 4.69) is 17.6 Å². The van der Waals surface area contributed by atoms with Crippen LogP contribution in [-0.4, -0.2) is 49.1 Å². The predicted octanol–water partition coefficient (Wildman–Crippen LogP) is 5.79. The number of carbonyl (C=O) groups excluding carboxylic acids is 4. The molecule has 0 aromatic heterocycles. The number of hydrogen-bond donors (Lipinski definition) is 2. The lowest BCUT2D eigenvalue weighted by molar-refractivity contribution is -0.151. The lowest BCUT2D eigenvalue weighted by atomic mass is 10.1. The van der Waals surface area contributed by atoms with E-state index in [0.717, 1.165) is 56.1 Å². The van der Waals surface area contributed by atoms with Gasteiger partial charge in [-0.15, -0.1) is 0 Å². The van der Waals surface area contributed by atoms with Gasteiger partial charge in [-0.1, -0.05) is 113 Å². The highest BCUT2D eigenvalue weighted by Gasteiger charge is 2.28. The molecule has 0 aliphatic heterocycles. The molecule has 2 rings (SSSR count). The Hall–Kier alpha value is -3.72. The number of ether oxygens (including phenoxy) is 3. The van der Waals surface area contributed by atoms with Crippen LogP contribution in [0.5, 0.6) is 0 Å². The SMILES string of the molecule is CCCCCCCCC(=O)N[C@@H](COCCCC)C(=O)N[C@H](CCC(=O)OCc1ccccc1)C(=O)OCc1ccccc1. The maximum atomic E-state index is 13.4. The zero-order valence-electron chi connectivity index (χ0n) is 26.4. The molecule has 2 amide bonds. The second-order valence-corrected chi connectivity index (χ2v) is 10.9. The highest BCUT2D eigenvalue weighted by atomic mass is 16.5. The van der Waals surface area contributed by atoms with Crippen molar-refractivity contribution < 1.29 is 33.4 Å². The number of hydrogen-bond acceptors (Lipinski definition) is 7. The van der Waals surface area contributed by atoms with E-state index in [-0.39, 0.29) is 38.6 Å². The van der Waals surface area contributed by atoms with Gasteiger partial charge in [-0.2, -0.15) is 0 Å². The first-order chi connectivity index (χ1) is 21.4. The van der Waals surface area contributed by atoms with E-state index >= 15 is 0 Å². The molecule has 242 valence electrons. The fraction of sp³-hybridized carbons (Fsp3) is 0.543. The van der Waals surface area contributed by atoms with Gasteiger partial charge in [-0.05, 0) is 30.4 Å². The summed E-state index contributed by atoms with van der Waals surface area (Å²) in [6.45, 7) is 4.74. The molecule has 0 radical (unpaired) electrons. The van der Waals surface area contributed by atoms with E-state index < -0.39 is 29.9 Å². The van der Waals surface area contributed by atoms with Crippen LogP contribution in [0.15, 0.2) is 60.7 Å². The number of rotatable bonds is 23. The highest BCUT2D eigenvalue weighted by molar-refractivity contribution is 5.91. The third-order valence-corrected chi connectivity index (χ3v) is 7.04. The van der Waals surface area contributed by atoms with Gasteiger partial charge in [0.1, 0.15) is 25.3 Å². The van der Waals surface area contributed by atoms with Crippen molar-refractivity contribution in [3.63, 3.8) is 0 Å². The van der Waals surface area contributed by atoms with Gasteiger partial charge in [0.2, 0.25) is 11.8 Å². The van der Waals surface area contributed by atoms with Crippen LogP contribution in [0.4, 0.5) is 0 Å². The Morgan fingerprint density at radius 3 is 1.89 bits per heavy atom. The molecular weight excluding hydrogens is 560 g/mol. The van der Waals surface area contributed by atoms with Gasteiger partial charge in [0, 0.05) is 19.4 Å². The van der Waals surface area contributed by atoms with Crippen molar-refractivity contribution in [2.24, 2.45) is 0 Å². The average molecular weight is 611 g/mol. The standard InChI is InChI=1S/C35H50N2O7/c1-3-5-7-8-9-16-21-32(38)36-31(27-42-24-6-4-2)34(40)37-30(35(41)44-26-29-19-14-11-15-20-29)22-23-33(39)43-25-28-17-12-10-13-18-28/h10-15,17-20,30-31H,3-9,16,21-27H2,1-2H3,(H,36,38)(H,37,40)/t30-,31+/m1/s1. The van der Waals surface area contributed by atoms with Crippen molar-refractivity contribution in [2.45, 2.75) is 110 Å². The van der Waals surface area contributed by atoms with E-state index in [0.29, 0.717) is 13.0 Å².